The first-order valence-electron chi connectivity index (χ1n) is 25.3. The molecule has 2 aliphatic carbocycles. The Morgan fingerprint density at radius 3 is 1.54 bits per heavy atom. The Balaban J connectivity index is 1.10. The first-order chi connectivity index (χ1) is 34.2. The number of nitrogens with zero attached hydrogens (tertiary/aromatic N) is 2. The predicted octanol–water partition coefficient (Wildman–Crippen LogP) is 16.4. The van der Waals surface area contributed by atoms with E-state index in [1.807, 2.05) is 11.3 Å². The highest BCUT2D eigenvalue weighted by molar-refractivity contribution is 7.33. The van der Waals surface area contributed by atoms with E-state index in [4.69, 9.17) is 0 Å². The van der Waals surface area contributed by atoms with Crippen LogP contribution in [0, 0.1) is 0 Å². The fourth-order valence-corrected chi connectivity index (χ4v) is 14.5. The van der Waals surface area contributed by atoms with Crippen LogP contribution >= 0.6 is 11.3 Å². The van der Waals surface area contributed by atoms with E-state index in [1.165, 1.54) is 132 Å². The van der Waals surface area contributed by atoms with Crippen LogP contribution in [0.2, 0.25) is 0 Å². The standard InChI is InChI=1S/C66H53BN2S/c1-39(2)43-35-59-63-60(36-43)69(45-22-11-8-12-23-45)64-52-37-51-50-26-15-18-31-55(50)66(53-29-16-13-24-48(53)49-25-14-17-30-54(49)66)56(51)38-61(52)70-65(64)67(63)57-33-32-42(34-58(57)68(59)44-20-9-7-10-21-44)62-46(40(3)4)27-19-28-47(62)41(5)6/h7-41H,1-6H3. The molecule has 4 aliphatic rings. The topological polar surface area (TPSA) is 6.48 Å². The zero-order valence-electron chi connectivity index (χ0n) is 40.6. The minimum absolute atomic E-state index is 0.0107. The van der Waals surface area contributed by atoms with Crippen molar-refractivity contribution in [1.29, 1.82) is 0 Å². The number of fused-ring (bicyclic) bond motifs is 16. The van der Waals surface area contributed by atoms with Gasteiger partial charge in [0, 0.05) is 43.3 Å². The van der Waals surface area contributed by atoms with Gasteiger partial charge in [-0.3, -0.25) is 0 Å². The van der Waals surface area contributed by atoms with Gasteiger partial charge in [-0.15, -0.1) is 11.3 Å². The zero-order chi connectivity index (χ0) is 47.2. The molecule has 14 rings (SSSR count). The molecule has 0 saturated heterocycles. The summed E-state index contributed by atoms with van der Waals surface area (Å²) >= 11 is 2.01. The van der Waals surface area contributed by atoms with Crippen LogP contribution in [0.25, 0.3) is 43.5 Å². The van der Waals surface area contributed by atoms with Crippen LogP contribution in [-0.2, 0) is 5.41 Å². The van der Waals surface area contributed by atoms with Crippen LogP contribution in [0.4, 0.5) is 34.1 Å². The molecule has 3 heterocycles. The van der Waals surface area contributed by atoms with E-state index in [1.54, 1.807) is 0 Å². The Hall–Kier alpha value is -7.40. The van der Waals surface area contributed by atoms with Crippen LogP contribution in [0.1, 0.15) is 98.2 Å². The number of hydrogen-bond donors (Lipinski definition) is 0. The number of rotatable bonds is 6. The Morgan fingerprint density at radius 1 is 0.443 bits per heavy atom. The normalized spacial score (nSPS) is 14.3. The number of thiophene rings is 1. The lowest BCUT2D eigenvalue weighted by Crippen LogP contribution is -2.60. The van der Waals surface area contributed by atoms with Gasteiger partial charge in [0.15, 0.2) is 0 Å². The number of para-hydroxylation sites is 2. The average Bonchev–Trinajstić information content (AvgIpc) is 4.01. The van der Waals surface area contributed by atoms with Crippen molar-refractivity contribution in [1.82, 2.24) is 0 Å². The maximum atomic E-state index is 2.63. The maximum absolute atomic E-state index is 2.63. The quantitative estimate of drug-likeness (QED) is 0.153. The van der Waals surface area contributed by atoms with Crippen LogP contribution < -0.4 is 25.5 Å². The average molecular weight is 917 g/mol. The van der Waals surface area contributed by atoms with Gasteiger partial charge in [0.05, 0.1) is 11.1 Å². The van der Waals surface area contributed by atoms with E-state index in [0.717, 1.165) is 0 Å². The molecule has 0 amide bonds. The Morgan fingerprint density at radius 2 is 0.971 bits per heavy atom. The van der Waals surface area contributed by atoms with Crippen LogP contribution in [0.3, 0.4) is 0 Å². The lowest BCUT2D eigenvalue weighted by molar-refractivity contribution is 0.795. The third-order valence-corrected chi connectivity index (χ3v) is 17.4. The lowest BCUT2D eigenvalue weighted by Gasteiger charge is -2.44. The van der Waals surface area contributed by atoms with Gasteiger partial charge in [0.1, 0.15) is 0 Å². The molecule has 0 fully saturated rings. The van der Waals surface area contributed by atoms with Gasteiger partial charge in [-0.2, -0.15) is 0 Å². The van der Waals surface area contributed by atoms with Gasteiger partial charge in [-0.25, -0.2) is 0 Å². The summed E-state index contributed by atoms with van der Waals surface area (Å²) in [4.78, 5) is 5.23. The Kier molecular flexibility index (Phi) is 9.09. The molecule has 0 radical (unpaired) electrons. The largest absolute Gasteiger partial charge is 0.311 e. The maximum Gasteiger partial charge on any atom is 0.264 e. The summed E-state index contributed by atoms with van der Waals surface area (Å²) in [5.41, 5.74) is 27.4. The third-order valence-electron chi connectivity index (χ3n) is 16.2. The van der Waals surface area contributed by atoms with Gasteiger partial charge in [-0.1, -0.05) is 181 Å². The molecule has 4 heteroatoms. The predicted molar refractivity (Wildman–Crippen MR) is 300 cm³/mol. The van der Waals surface area contributed by atoms with Crippen molar-refractivity contribution in [3.63, 3.8) is 0 Å². The Bertz CT molecular complexity index is 3720. The fraction of sp³-hybridized carbons (Fsp3) is 0.152. The monoisotopic (exact) mass is 916 g/mol. The van der Waals surface area contributed by atoms with E-state index < -0.39 is 5.41 Å². The summed E-state index contributed by atoms with van der Waals surface area (Å²) in [5.74, 6) is 1.08. The number of anilines is 6. The lowest BCUT2D eigenvalue weighted by atomic mass is 9.36. The molecular weight excluding hydrogens is 864 g/mol. The van der Waals surface area contributed by atoms with E-state index in [-0.39, 0.29) is 6.71 Å². The summed E-state index contributed by atoms with van der Waals surface area (Å²) in [6, 6.07) is 74.6. The third kappa shape index (κ3) is 5.57. The number of benzene rings is 9. The Labute approximate surface area is 416 Å². The summed E-state index contributed by atoms with van der Waals surface area (Å²) in [6.45, 7) is 14.1. The second kappa shape index (κ2) is 15.3. The highest BCUT2D eigenvalue weighted by atomic mass is 32.1. The summed E-state index contributed by atoms with van der Waals surface area (Å²) in [6.07, 6.45) is 0. The molecule has 0 N–H and O–H groups in total. The van der Waals surface area contributed by atoms with Gasteiger partial charge in [-0.05, 0) is 156 Å². The molecule has 336 valence electrons. The van der Waals surface area contributed by atoms with Crippen molar-refractivity contribution in [2.75, 3.05) is 9.80 Å². The SMILES string of the molecule is CC(C)c1cc2c3c(c1)N(c1ccccc1)c1c(sc4cc5c(cc14)-c1ccccc1C51c4ccccc4-c4ccccc41)B3c1ccc(-c3c(C(C)C)cccc3C(C)C)cc1N2c1ccccc1. The van der Waals surface area contributed by atoms with E-state index in [9.17, 15) is 0 Å². The van der Waals surface area contributed by atoms with Crippen LogP contribution in [0.5, 0.6) is 0 Å². The first kappa shape index (κ1) is 41.6. The fourth-order valence-electron chi connectivity index (χ4n) is 13.2. The van der Waals surface area contributed by atoms with Crippen molar-refractivity contribution < 1.29 is 0 Å². The zero-order valence-corrected chi connectivity index (χ0v) is 41.4. The van der Waals surface area contributed by atoms with E-state index >= 15 is 0 Å². The van der Waals surface area contributed by atoms with Crippen LogP contribution in [-0.4, -0.2) is 6.71 Å². The first-order valence-corrected chi connectivity index (χ1v) is 26.1. The molecular formula is C66H53BN2S. The molecule has 2 nitrogen and oxygen atoms in total. The van der Waals surface area contributed by atoms with Crippen molar-refractivity contribution in [3.05, 3.63) is 233 Å². The summed E-state index contributed by atoms with van der Waals surface area (Å²) in [7, 11) is 0. The smallest absolute Gasteiger partial charge is 0.264 e. The van der Waals surface area contributed by atoms with Gasteiger partial charge >= 0.3 is 0 Å². The van der Waals surface area contributed by atoms with Crippen molar-refractivity contribution in [3.8, 4) is 33.4 Å². The second-order valence-electron chi connectivity index (χ2n) is 20.9. The highest BCUT2D eigenvalue weighted by Gasteiger charge is 2.53. The van der Waals surface area contributed by atoms with Gasteiger partial charge in [0.2, 0.25) is 0 Å². The molecule has 1 spiro atoms. The molecule has 9 aromatic carbocycles. The van der Waals surface area contributed by atoms with E-state index in [0.29, 0.717) is 17.8 Å². The number of hydrogen-bond acceptors (Lipinski definition) is 3. The summed E-state index contributed by atoms with van der Waals surface area (Å²) in [5, 5.41) is 1.31. The minimum Gasteiger partial charge on any atom is -0.311 e. The molecule has 0 atom stereocenters. The van der Waals surface area contributed by atoms with Gasteiger partial charge in [0.25, 0.3) is 6.71 Å². The minimum atomic E-state index is -0.412. The molecule has 0 bridgehead atoms. The molecule has 70 heavy (non-hydrogen) atoms. The van der Waals surface area contributed by atoms with Gasteiger partial charge < -0.3 is 9.80 Å². The molecule has 2 aliphatic heterocycles. The molecule has 0 saturated carbocycles. The van der Waals surface area contributed by atoms with Crippen molar-refractivity contribution in [2.45, 2.75) is 64.7 Å². The van der Waals surface area contributed by atoms with Crippen molar-refractivity contribution >= 4 is 78.0 Å². The molecule has 0 unspecified atom stereocenters. The summed E-state index contributed by atoms with van der Waals surface area (Å²) < 4.78 is 2.73. The molecule has 1 aromatic heterocycles. The second-order valence-corrected chi connectivity index (χ2v) is 22.0. The highest BCUT2D eigenvalue weighted by Crippen LogP contribution is 2.64. The van der Waals surface area contributed by atoms with Crippen molar-refractivity contribution in [2.24, 2.45) is 0 Å². The van der Waals surface area contributed by atoms with Crippen LogP contribution in [0.15, 0.2) is 194 Å². The molecule has 10 aromatic rings. The van der Waals surface area contributed by atoms with E-state index in [2.05, 4.69) is 245 Å².